The molecule has 2 atom stereocenters. The van der Waals surface area contributed by atoms with Gasteiger partial charge in [-0.1, -0.05) is 60.7 Å². The number of benzene rings is 4. The van der Waals surface area contributed by atoms with E-state index in [9.17, 15) is 66.9 Å². The molecule has 0 saturated heterocycles. The first-order chi connectivity index (χ1) is 31.0. The molecule has 4 aromatic carbocycles. The number of hydrogen-bond acceptors (Lipinski definition) is 16. The highest BCUT2D eigenvalue weighted by molar-refractivity contribution is 7.89. The van der Waals surface area contributed by atoms with Crippen molar-refractivity contribution in [2.75, 3.05) is 20.1 Å². The number of sulfonamides is 2. The van der Waals surface area contributed by atoms with Crippen LogP contribution in [-0.2, 0) is 42.4 Å². The average molecular weight is 975 g/mol. The van der Waals surface area contributed by atoms with E-state index in [4.69, 9.17) is 9.47 Å². The fraction of sp³-hybridized carbons (Fsp3) is 0.366. The van der Waals surface area contributed by atoms with E-state index in [0.29, 0.717) is 12.1 Å². The molecule has 4 aromatic rings. The van der Waals surface area contributed by atoms with Gasteiger partial charge in [0.25, 0.3) is 22.7 Å². The minimum absolute atomic E-state index is 0.241. The first-order valence-corrected chi connectivity index (χ1v) is 22.8. The molecule has 26 heteroatoms. The predicted octanol–water partition coefficient (Wildman–Crippen LogP) is 6.18. The second kappa shape index (κ2) is 22.8. The van der Waals surface area contributed by atoms with Gasteiger partial charge in [-0.2, -0.15) is 4.31 Å². The highest BCUT2D eigenvalue weighted by Gasteiger charge is 2.34. The van der Waals surface area contributed by atoms with Crippen molar-refractivity contribution >= 4 is 55.0 Å². The highest BCUT2D eigenvalue weighted by atomic mass is 32.2. The maximum Gasteiger partial charge on any atom is 0.407 e. The summed E-state index contributed by atoms with van der Waals surface area (Å²) in [5, 5.41) is 49.9. The number of carbonyl (C=O) groups excluding carboxylic acids is 2. The smallest absolute Gasteiger partial charge is 0.407 e. The maximum atomic E-state index is 13.1. The van der Waals surface area contributed by atoms with E-state index in [1.807, 2.05) is 6.07 Å². The summed E-state index contributed by atoms with van der Waals surface area (Å²) in [7, 11) is -7.68. The third-order valence-electron chi connectivity index (χ3n) is 8.77. The minimum Gasteiger partial charge on any atom is -0.444 e. The third-order valence-corrected chi connectivity index (χ3v) is 12.1. The lowest BCUT2D eigenvalue weighted by Crippen LogP contribution is -2.47. The SMILES string of the molecule is CC(C)(C)OC(=O)N[C@H](CNS(=O)(=O)c1ccc([N+](=O)[O-])cc1[N+](=O)[O-])Cc1ccccc1.CN(C[C@H](Cc1ccccc1)NC(=O)OC(C)(C)C)S(=O)(=O)c1ccc([N+](=O)[O-])cc1[N+](=O)[O-]. The Morgan fingerprint density at radius 3 is 1.39 bits per heavy atom. The van der Waals surface area contributed by atoms with Gasteiger partial charge in [0.1, 0.15) is 11.2 Å². The summed E-state index contributed by atoms with van der Waals surface area (Å²) in [5.74, 6) is 0. The minimum atomic E-state index is -4.44. The van der Waals surface area contributed by atoms with Gasteiger partial charge < -0.3 is 20.1 Å². The van der Waals surface area contributed by atoms with Crippen LogP contribution in [0.2, 0.25) is 0 Å². The van der Waals surface area contributed by atoms with Crippen molar-refractivity contribution in [1.29, 1.82) is 0 Å². The number of rotatable bonds is 18. The van der Waals surface area contributed by atoms with E-state index in [-0.39, 0.29) is 25.9 Å². The summed E-state index contributed by atoms with van der Waals surface area (Å²) in [6, 6.07) is 21.0. The summed E-state index contributed by atoms with van der Waals surface area (Å²) in [6.07, 6.45) is -1.02. The molecule has 0 aliphatic carbocycles. The second-order valence-corrected chi connectivity index (χ2v) is 20.3. The fourth-order valence-electron chi connectivity index (χ4n) is 5.91. The summed E-state index contributed by atoms with van der Waals surface area (Å²) in [4.78, 5) is 64.1. The number of alkyl carbamates (subject to hydrolysis) is 2. The van der Waals surface area contributed by atoms with Crippen LogP contribution < -0.4 is 15.4 Å². The average Bonchev–Trinajstić information content (AvgIpc) is 3.21. The summed E-state index contributed by atoms with van der Waals surface area (Å²) in [5.41, 5.74) is -3.01. The van der Waals surface area contributed by atoms with Crippen LogP contribution in [0.4, 0.5) is 32.3 Å². The van der Waals surface area contributed by atoms with Crippen LogP contribution in [0, 0.1) is 40.5 Å². The number of hydrogen-bond donors (Lipinski definition) is 3. The summed E-state index contributed by atoms with van der Waals surface area (Å²) < 4.78 is 65.4. The monoisotopic (exact) mass is 974 g/mol. The number of nitro groups is 4. The van der Waals surface area contributed by atoms with Gasteiger partial charge in [0.15, 0.2) is 9.79 Å². The molecular formula is C41H50N8O16S2. The molecule has 0 aliphatic heterocycles. The lowest BCUT2D eigenvalue weighted by Gasteiger charge is -2.27. The lowest BCUT2D eigenvalue weighted by molar-refractivity contribution is -0.396. The van der Waals surface area contributed by atoms with Crippen molar-refractivity contribution in [3.8, 4) is 0 Å². The van der Waals surface area contributed by atoms with Crippen molar-refractivity contribution in [1.82, 2.24) is 19.7 Å². The van der Waals surface area contributed by atoms with E-state index in [0.717, 1.165) is 39.7 Å². The predicted molar refractivity (Wildman–Crippen MR) is 241 cm³/mol. The van der Waals surface area contributed by atoms with E-state index in [2.05, 4.69) is 15.4 Å². The van der Waals surface area contributed by atoms with Crippen molar-refractivity contribution in [3.63, 3.8) is 0 Å². The Balaban J connectivity index is 0.000000355. The molecule has 362 valence electrons. The number of nitrogens with zero attached hydrogens (tertiary/aromatic N) is 5. The third kappa shape index (κ3) is 17.3. The zero-order valence-electron chi connectivity index (χ0n) is 37.3. The number of ether oxygens (including phenoxy) is 2. The number of nitro benzene ring substituents is 4. The van der Waals surface area contributed by atoms with E-state index in [1.54, 1.807) is 96.1 Å². The molecule has 0 bridgehead atoms. The van der Waals surface area contributed by atoms with Crippen molar-refractivity contribution in [2.24, 2.45) is 0 Å². The quantitative estimate of drug-likeness (QED) is 0.0740. The normalized spacial score (nSPS) is 12.7. The van der Waals surface area contributed by atoms with Crippen LogP contribution in [0.25, 0.3) is 0 Å². The molecule has 0 aromatic heterocycles. The molecule has 0 unspecified atom stereocenters. The van der Waals surface area contributed by atoms with Gasteiger partial charge >= 0.3 is 12.2 Å². The van der Waals surface area contributed by atoms with Gasteiger partial charge in [0.05, 0.1) is 37.9 Å². The number of nitrogens with one attached hydrogen (secondary N) is 3. The zero-order chi connectivity index (χ0) is 50.5. The van der Waals surface area contributed by atoms with Crippen molar-refractivity contribution < 1.29 is 55.6 Å². The molecule has 0 spiro atoms. The number of amides is 2. The van der Waals surface area contributed by atoms with Crippen LogP contribution in [0.3, 0.4) is 0 Å². The van der Waals surface area contributed by atoms with Crippen LogP contribution in [0.1, 0.15) is 52.7 Å². The van der Waals surface area contributed by atoms with Crippen LogP contribution in [0.5, 0.6) is 0 Å². The van der Waals surface area contributed by atoms with Gasteiger partial charge in [-0.25, -0.2) is 31.1 Å². The molecule has 4 rings (SSSR count). The molecule has 67 heavy (non-hydrogen) atoms. The second-order valence-electron chi connectivity index (χ2n) is 16.5. The molecule has 3 N–H and O–H groups in total. The highest BCUT2D eigenvalue weighted by Crippen LogP contribution is 2.31. The Bertz CT molecular complexity index is 2660. The maximum absolute atomic E-state index is 13.1. The molecule has 24 nitrogen and oxygen atoms in total. The summed E-state index contributed by atoms with van der Waals surface area (Å²) in [6.45, 7) is 9.52. The van der Waals surface area contributed by atoms with Gasteiger partial charge in [-0.15, -0.1) is 0 Å². The van der Waals surface area contributed by atoms with Gasteiger partial charge in [0.2, 0.25) is 20.0 Å². The van der Waals surface area contributed by atoms with Gasteiger partial charge in [-0.05, 0) is 77.6 Å². The first kappa shape index (κ1) is 54.2. The van der Waals surface area contributed by atoms with Crippen LogP contribution in [-0.4, -0.2) is 96.4 Å². The Labute approximate surface area is 385 Å². The molecule has 0 aliphatic rings. The van der Waals surface area contributed by atoms with Crippen LogP contribution in [0.15, 0.2) is 107 Å². The van der Waals surface area contributed by atoms with Crippen molar-refractivity contribution in [3.05, 3.63) is 149 Å². The zero-order valence-corrected chi connectivity index (χ0v) is 38.9. The molecule has 0 fully saturated rings. The first-order valence-electron chi connectivity index (χ1n) is 19.9. The topological polar surface area (TPSA) is 333 Å². The van der Waals surface area contributed by atoms with E-state index >= 15 is 0 Å². The molecule has 0 radical (unpaired) electrons. The lowest BCUT2D eigenvalue weighted by atomic mass is 10.1. The largest absolute Gasteiger partial charge is 0.444 e. The Morgan fingerprint density at radius 2 is 0.985 bits per heavy atom. The molecule has 2 amide bonds. The van der Waals surface area contributed by atoms with Gasteiger partial charge in [0, 0.05) is 38.3 Å². The number of likely N-dealkylation sites (N-methyl/N-ethyl adjacent to an activating group) is 1. The van der Waals surface area contributed by atoms with E-state index < -0.39 is 108 Å². The Kier molecular flexibility index (Phi) is 18.5. The molecule has 0 heterocycles. The standard InChI is InChI=1S/C21H26N4O8S.C20H24N4O8S/c1-21(2,3)33-20(26)22-16(12-15-8-6-5-7-9-15)14-23(4)34(31,32)19-11-10-17(24(27)28)13-18(19)25(29)30;1-20(2,3)32-19(25)22-15(11-14-7-5-4-6-8-14)13-21-33(30,31)18-10-9-16(23(26)27)12-17(18)24(28)29/h5-11,13,16H,12,14H2,1-4H3,(H,22,26);4-10,12,15,21H,11,13H2,1-3H3,(H,22,25)/t16-;15-/m00/s1. The fourth-order valence-corrected chi connectivity index (χ4v) is 8.50. The number of non-ortho nitro benzene ring substituents is 2. The van der Waals surface area contributed by atoms with Crippen molar-refractivity contribution in [2.45, 2.75) is 87.5 Å². The Hall–Kier alpha value is -7.16. The Morgan fingerprint density at radius 1 is 0.597 bits per heavy atom. The van der Waals surface area contributed by atoms with E-state index in [1.165, 1.54) is 7.05 Å². The summed E-state index contributed by atoms with van der Waals surface area (Å²) >= 11 is 0. The van der Waals surface area contributed by atoms with Crippen LogP contribution >= 0.6 is 0 Å². The number of carbonyl (C=O) groups is 2. The molecular weight excluding hydrogens is 925 g/mol. The molecule has 0 saturated carbocycles. The van der Waals surface area contributed by atoms with Gasteiger partial charge in [-0.3, -0.25) is 40.5 Å².